The summed E-state index contributed by atoms with van der Waals surface area (Å²) in [5.74, 6) is -0.0587. The standard InChI is InChI=1S/C21H20N2O2S2/c1-15-4-2-3-5-18(15)23-20(24)19(27-21(23)26)14-16-6-8-17(9-7-16)22-10-12-25-13-11-22/h2-9,14H,10-13H2,1H3. The third kappa shape index (κ3) is 3.78. The number of rotatable bonds is 3. The van der Waals surface area contributed by atoms with Crippen LogP contribution in [0.5, 0.6) is 0 Å². The average Bonchev–Trinajstić information content (AvgIpc) is 2.97. The Bertz CT molecular complexity index is 903. The van der Waals surface area contributed by atoms with Gasteiger partial charge in [-0.05, 0) is 42.3 Å². The topological polar surface area (TPSA) is 32.8 Å². The van der Waals surface area contributed by atoms with Crippen LogP contribution in [0.4, 0.5) is 11.4 Å². The molecule has 2 aliphatic heterocycles. The van der Waals surface area contributed by atoms with Crippen molar-refractivity contribution < 1.29 is 9.53 Å². The molecule has 6 heteroatoms. The van der Waals surface area contributed by atoms with E-state index in [-0.39, 0.29) is 5.91 Å². The van der Waals surface area contributed by atoms with Gasteiger partial charge in [-0.3, -0.25) is 9.69 Å². The summed E-state index contributed by atoms with van der Waals surface area (Å²) < 4.78 is 5.98. The molecule has 2 saturated heterocycles. The van der Waals surface area contributed by atoms with E-state index in [1.807, 2.05) is 49.4 Å². The van der Waals surface area contributed by atoms with Crippen LogP contribution in [0.2, 0.25) is 0 Å². The third-order valence-corrected chi connectivity index (χ3v) is 6.02. The van der Waals surface area contributed by atoms with Crippen LogP contribution in [-0.4, -0.2) is 36.5 Å². The number of carbonyl (C=O) groups is 1. The Labute approximate surface area is 168 Å². The first-order chi connectivity index (χ1) is 13.1. The van der Waals surface area contributed by atoms with Crippen LogP contribution in [0.1, 0.15) is 11.1 Å². The molecule has 0 spiro atoms. The van der Waals surface area contributed by atoms with Crippen molar-refractivity contribution in [3.8, 4) is 0 Å². The van der Waals surface area contributed by atoms with Crippen LogP contribution < -0.4 is 9.80 Å². The van der Waals surface area contributed by atoms with Gasteiger partial charge in [0, 0.05) is 18.8 Å². The summed E-state index contributed by atoms with van der Waals surface area (Å²) in [5.41, 5.74) is 4.07. The number of thiocarbonyl (C=S) groups is 1. The summed E-state index contributed by atoms with van der Waals surface area (Å²) in [6.45, 7) is 5.34. The number of ether oxygens (including phenoxy) is 1. The molecule has 0 unspecified atom stereocenters. The first-order valence-corrected chi connectivity index (χ1v) is 10.1. The van der Waals surface area contributed by atoms with E-state index in [1.54, 1.807) is 4.90 Å². The van der Waals surface area contributed by atoms with E-state index in [1.165, 1.54) is 17.4 Å². The number of thioether (sulfide) groups is 1. The number of nitrogens with zero attached hydrogens (tertiary/aromatic N) is 2. The summed E-state index contributed by atoms with van der Waals surface area (Å²) in [4.78, 5) is 17.5. The number of hydrogen-bond donors (Lipinski definition) is 0. The lowest BCUT2D eigenvalue weighted by Gasteiger charge is -2.28. The van der Waals surface area contributed by atoms with E-state index in [0.29, 0.717) is 9.23 Å². The molecule has 0 aliphatic carbocycles. The Morgan fingerprint density at radius 3 is 2.48 bits per heavy atom. The van der Waals surface area contributed by atoms with Gasteiger partial charge in [-0.1, -0.05) is 54.3 Å². The zero-order valence-electron chi connectivity index (χ0n) is 15.1. The van der Waals surface area contributed by atoms with Gasteiger partial charge in [0.1, 0.15) is 0 Å². The van der Waals surface area contributed by atoms with Gasteiger partial charge in [-0.15, -0.1) is 0 Å². The zero-order chi connectivity index (χ0) is 18.8. The van der Waals surface area contributed by atoms with Crippen molar-refractivity contribution in [2.24, 2.45) is 0 Å². The van der Waals surface area contributed by atoms with Gasteiger partial charge in [0.2, 0.25) is 0 Å². The molecule has 0 saturated carbocycles. The van der Waals surface area contributed by atoms with E-state index in [9.17, 15) is 4.79 Å². The molecule has 0 atom stereocenters. The Morgan fingerprint density at radius 2 is 1.78 bits per heavy atom. The number of amides is 1. The minimum absolute atomic E-state index is 0.0587. The highest BCUT2D eigenvalue weighted by Crippen LogP contribution is 2.37. The van der Waals surface area contributed by atoms with Crippen molar-refractivity contribution in [1.29, 1.82) is 0 Å². The van der Waals surface area contributed by atoms with Crippen LogP contribution in [0, 0.1) is 6.92 Å². The maximum atomic E-state index is 12.9. The molecule has 4 rings (SSSR count). The van der Waals surface area contributed by atoms with E-state index in [4.69, 9.17) is 17.0 Å². The molecular formula is C21H20N2O2S2. The monoisotopic (exact) mass is 396 g/mol. The number of carbonyl (C=O) groups excluding carboxylic acids is 1. The number of para-hydroxylation sites is 1. The van der Waals surface area contributed by atoms with Gasteiger partial charge in [-0.25, -0.2) is 0 Å². The fourth-order valence-electron chi connectivity index (χ4n) is 3.24. The molecule has 27 heavy (non-hydrogen) atoms. The Hall–Kier alpha value is -2.15. The van der Waals surface area contributed by atoms with Gasteiger partial charge in [0.15, 0.2) is 4.32 Å². The SMILES string of the molecule is Cc1ccccc1N1C(=O)C(=Cc2ccc(N3CCOCC3)cc2)SC1=S. The smallest absolute Gasteiger partial charge is 0.270 e. The van der Waals surface area contributed by atoms with Gasteiger partial charge in [0.05, 0.1) is 23.8 Å². The van der Waals surface area contributed by atoms with Gasteiger partial charge < -0.3 is 9.64 Å². The molecule has 4 nitrogen and oxygen atoms in total. The molecule has 0 bridgehead atoms. The lowest BCUT2D eigenvalue weighted by atomic mass is 10.1. The van der Waals surface area contributed by atoms with E-state index >= 15 is 0 Å². The number of hydrogen-bond acceptors (Lipinski definition) is 5. The van der Waals surface area contributed by atoms with Crippen LogP contribution in [-0.2, 0) is 9.53 Å². The molecule has 0 N–H and O–H groups in total. The molecule has 2 aromatic rings. The zero-order valence-corrected chi connectivity index (χ0v) is 16.7. The van der Waals surface area contributed by atoms with E-state index in [2.05, 4.69) is 17.0 Å². The summed E-state index contributed by atoms with van der Waals surface area (Å²) >= 11 is 6.82. The molecule has 1 amide bonds. The van der Waals surface area contributed by atoms with Crippen molar-refractivity contribution >= 4 is 51.7 Å². The molecule has 2 aliphatic rings. The quantitative estimate of drug-likeness (QED) is 0.573. The van der Waals surface area contributed by atoms with Crippen LogP contribution in [0.25, 0.3) is 6.08 Å². The van der Waals surface area contributed by atoms with Gasteiger partial charge in [0.25, 0.3) is 5.91 Å². The first kappa shape index (κ1) is 18.2. The minimum Gasteiger partial charge on any atom is -0.378 e. The van der Waals surface area contributed by atoms with Crippen LogP contribution in [0.15, 0.2) is 53.4 Å². The van der Waals surface area contributed by atoms with Crippen molar-refractivity contribution in [2.45, 2.75) is 6.92 Å². The summed E-state index contributed by atoms with van der Waals surface area (Å²) in [5, 5.41) is 0. The Morgan fingerprint density at radius 1 is 1.07 bits per heavy atom. The van der Waals surface area contributed by atoms with Gasteiger partial charge in [-0.2, -0.15) is 0 Å². The fraction of sp³-hybridized carbons (Fsp3) is 0.238. The van der Waals surface area contributed by atoms with Crippen molar-refractivity contribution in [1.82, 2.24) is 0 Å². The van der Waals surface area contributed by atoms with Crippen molar-refractivity contribution in [3.05, 3.63) is 64.6 Å². The maximum Gasteiger partial charge on any atom is 0.270 e. The maximum absolute atomic E-state index is 12.9. The molecular weight excluding hydrogens is 376 g/mol. The number of anilines is 2. The second kappa shape index (κ2) is 7.84. The highest BCUT2D eigenvalue weighted by atomic mass is 32.2. The van der Waals surface area contributed by atoms with Crippen LogP contribution in [0.3, 0.4) is 0 Å². The number of aryl methyl sites for hydroxylation is 1. The lowest BCUT2D eigenvalue weighted by Crippen LogP contribution is -2.36. The van der Waals surface area contributed by atoms with E-state index < -0.39 is 0 Å². The highest BCUT2D eigenvalue weighted by Gasteiger charge is 2.33. The lowest BCUT2D eigenvalue weighted by molar-refractivity contribution is -0.113. The Kier molecular flexibility index (Phi) is 5.29. The van der Waals surface area contributed by atoms with Gasteiger partial charge >= 0.3 is 0 Å². The summed E-state index contributed by atoms with van der Waals surface area (Å²) in [7, 11) is 0. The second-order valence-corrected chi connectivity index (χ2v) is 8.17. The molecule has 2 heterocycles. The Balaban J connectivity index is 1.55. The number of benzene rings is 2. The van der Waals surface area contributed by atoms with Crippen molar-refractivity contribution in [3.63, 3.8) is 0 Å². The molecule has 0 aromatic heterocycles. The number of morpholine rings is 1. The van der Waals surface area contributed by atoms with E-state index in [0.717, 1.165) is 43.1 Å². The minimum atomic E-state index is -0.0587. The summed E-state index contributed by atoms with van der Waals surface area (Å²) in [6, 6.07) is 16.1. The predicted octanol–water partition coefficient (Wildman–Crippen LogP) is 4.24. The third-order valence-electron chi connectivity index (χ3n) is 4.72. The predicted molar refractivity (Wildman–Crippen MR) is 116 cm³/mol. The fourth-order valence-corrected chi connectivity index (χ4v) is 4.53. The first-order valence-electron chi connectivity index (χ1n) is 8.90. The largest absolute Gasteiger partial charge is 0.378 e. The van der Waals surface area contributed by atoms with Crippen molar-refractivity contribution in [2.75, 3.05) is 36.1 Å². The second-order valence-electron chi connectivity index (χ2n) is 6.49. The normalized spacial score (nSPS) is 19.2. The molecule has 0 radical (unpaired) electrons. The summed E-state index contributed by atoms with van der Waals surface area (Å²) in [6.07, 6.45) is 1.92. The molecule has 2 fully saturated rings. The average molecular weight is 397 g/mol. The molecule has 138 valence electrons. The van der Waals surface area contributed by atoms with Crippen LogP contribution >= 0.6 is 24.0 Å². The highest BCUT2D eigenvalue weighted by molar-refractivity contribution is 8.27. The molecule has 2 aromatic carbocycles.